The Bertz CT molecular complexity index is 126. The Labute approximate surface area is 60.5 Å². The van der Waals surface area contributed by atoms with Crippen LogP contribution in [0.5, 0.6) is 0 Å². The molecule has 1 atom stereocenters. The number of aldehydes is 1. The zero-order valence-electron chi connectivity index (χ0n) is 6.16. The lowest BCUT2D eigenvalue weighted by atomic mass is 10.2. The Morgan fingerprint density at radius 2 is 2.50 bits per heavy atom. The summed E-state index contributed by atoms with van der Waals surface area (Å²) < 4.78 is 0. The van der Waals surface area contributed by atoms with Crippen molar-refractivity contribution in [1.82, 2.24) is 10.1 Å². The van der Waals surface area contributed by atoms with E-state index in [1.165, 1.54) is 5.12 Å². The molecule has 0 unspecified atom stereocenters. The molecule has 1 rings (SSSR count). The van der Waals surface area contributed by atoms with Crippen molar-refractivity contribution in [2.75, 3.05) is 13.6 Å². The third kappa shape index (κ3) is 1.34. The van der Waals surface area contributed by atoms with Crippen molar-refractivity contribution in [1.29, 1.82) is 0 Å². The van der Waals surface area contributed by atoms with E-state index in [4.69, 9.17) is 5.84 Å². The second kappa shape index (κ2) is 3.09. The van der Waals surface area contributed by atoms with Crippen molar-refractivity contribution in [3.63, 3.8) is 0 Å². The van der Waals surface area contributed by atoms with Crippen molar-refractivity contribution in [3.8, 4) is 0 Å². The van der Waals surface area contributed by atoms with Crippen molar-refractivity contribution in [2.24, 2.45) is 5.84 Å². The average molecular weight is 143 g/mol. The Balaban J connectivity index is 2.49. The zero-order chi connectivity index (χ0) is 7.56. The normalized spacial score (nSPS) is 27.7. The van der Waals surface area contributed by atoms with Crippen LogP contribution in [0.4, 0.5) is 0 Å². The maximum Gasteiger partial charge on any atom is 0.138 e. The predicted molar refractivity (Wildman–Crippen MR) is 37.7 cm³/mol. The summed E-state index contributed by atoms with van der Waals surface area (Å²) in [4.78, 5) is 10.4. The minimum atomic E-state index is 0.00926. The van der Waals surface area contributed by atoms with Gasteiger partial charge in [-0.1, -0.05) is 0 Å². The maximum absolute atomic E-state index is 10.4. The number of nitrogens with two attached hydrogens (primary N) is 1. The summed E-state index contributed by atoms with van der Waals surface area (Å²) in [7, 11) is 1.75. The van der Waals surface area contributed by atoms with E-state index >= 15 is 0 Å². The quantitative estimate of drug-likeness (QED) is 0.318. The highest BCUT2D eigenvalue weighted by molar-refractivity contribution is 5.57. The maximum atomic E-state index is 10.4. The van der Waals surface area contributed by atoms with Crippen LogP contribution in [0, 0.1) is 0 Å². The van der Waals surface area contributed by atoms with Gasteiger partial charge in [-0.25, -0.2) is 5.01 Å². The van der Waals surface area contributed by atoms with Crippen LogP contribution in [0.2, 0.25) is 0 Å². The van der Waals surface area contributed by atoms with Crippen LogP contribution < -0.4 is 5.84 Å². The second-order valence-corrected chi connectivity index (χ2v) is 2.58. The lowest BCUT2D eigenvalue weighted by Gasteiger charge is -2.26. The van der Waals surface area contributed by atoms with E-state index in [0.717, 1.165) is 25.7 Å². The minimum Gasteiger partial charge on any atom is -0.302 e. The molecule has 0 radical (unpaired) electrons. The van der Waals surface area contributed by atoms with Crippen molar-refractivity contribution < 1.29 is 4.79 Å². The summed E-state index contributed by atoms with van der Waals surface area (Å²) in [6, 6.07) is 0.00926. The molecule has 2 N–H and O–H groups in total. The smallest absolute Gasteiger partial charge is 0.138 e. The largest absolute Gasteiger partial charge is 0.302 e. The lowest BCUT2D eigenvalue weighted by molar-refractivity contribution is -0.117. The van der Waals surface area contributed by atoms with Crippen LogP contribution >= 0.6 is 0 Å². The standard InChI is InChI=1S/C6H13N3O/c1-8(7)9-4-2-3-6(9)5-10/h5-6H,2-4,7H2,1H3/t6-/m0/s1. The minimum absolute atomic E-state index is 0.00926. The molecule has 0 spiro atoms. The summed E-state index contributed by atoms with van der Waals surface area (Å²) in [6.45, 7) is 0.899. The summed E-state index contributed by atoms with van der Waals surface area (Å²) >= 11 is 0. The molecule has 1 aliphatic rings. The first-order valence-electron chi connectivity index (χ1n) is 3.46. The van der Waals surface area contributed by atoms with E-state index in [0.29, 0.717) is 0 Å². The van der Waals surface area contributed by atoms with Crippen LogP contribution in [0.1, 0.15) is 12.8 Å². The first-order chi connectivity index (χ1) is 4.75. The van der Waals surface area contributed by atoms with E-state index in [9.17, 15) is 4.79 Å². The predicted octanol–water partition coefficient (Wildman–Crippen LogP) is -0.630. The summed E-state index contributed by atoms with van der Waals surface area (Å²) in [5, 5.41) is 3.36. The fourth-order valence-corrected chi connectivity index (χ4v) is 1.31. The highest BCUT2D eigenvalue weighted by Gasteiger charge is 2.25. The van der Waals surface area contributed by atoms with E-state index in [-0.39, 0.29) is 6.04 Å². The number of carbonyl (C=O) groups excluding carboxylic acids is 1. The van der Waals surface area contributed by atoms with Crippen molar-refractivity contribution in [3.05, 3.63) is 0 Å². The summed E-state index contributed by atoms with van der Waals surface area (Å²) in [5.41, 5.74) is 0. The molecule has 10 heavy (non-hydrogen) atoms. The van der Waals surface area contributed by atoms with Crippen molar-refractivity contribution in [2.45, 2.75) is 18.9 Å². The highest BCUT2D eigenvalue weighted by atomic mass is 16.1. The van der Waals surface area contributed by atoms with Crippen LogP contribution in [-0.2, 0) is 4.79 Å². The molecule has 4 heteroatoms. The number of nitrogens with zero attached hydrogens (tertiary/aromatic N) is 2. The van der Waals surface area contributed by atoms with Crippen LogP contribution in [0.25, 0.3) is 0 Å². The first-order valence-corrected chi connectivity index (χ1v) is 3.46. The van der Waals surface area contributed by atoms with Gasteiger partial charge < -0.3 is 4.79 Å². The molecule has 0 bridgehead atoms. The lowest BCUT2D eigenvalue weighted by Crippen LogP contribution is -2.47. The van der Waals surface area contributed by atoms with E-state index in [1.807, 2.05) is 5.01 Å². The van der Waals surface area contributed by atoms with Gasteiger partial charge in [0.25, 0.3) is 0 Å². The molecular weight excluding hydrogens is 130 g/mol. The van der Waals surface area contributed by atoms with E-state index < -0.39 is 0 Å². The molecular formula is C6H13N3O. The number of carbonyl (C=O) groups is 1. The second-order valence-electron chi connectivity index (χ2n) is 2.58. The van der Waals surface area contributed by atoms with Gasteiger partial charge in [0, 0.05) is 13.6 Å². The molecule has 0 aliphatic carbocycles. The topological polar surface area (TPSA) is 49.6 Å². The number of hydrazine groups is 2. The highest BCUT2D eigenvalue weighted by Crippen LogP contribution is 2.14. The van der Waals surface area contributed by atoms with Gasteiger partial charge in [-0.15, -0.1) is 0 Å². The molecule has 1 aliphatic heterocycles. The van der Waals surface area contributed by atoms with Gasteiger partial charge in [0.2, 0.25) is 0 Å². The summed E-state index contributed by atoms with van der Waals surface area (Å²) in [5.74, 6) is 5.46. The SMILES string of the molecule is CN(N)N1CCC[C@H]1C=O. The summed E-state index contributed by atoms with van der Waals surface area (Å²) in [6.07, 6.45) is 2.95. The molecule has 0 aromatic carbocycles. The third-order valence-corrected chi connectivity index (χ3v) is 1.83. The number of hydrogen-bond acceptors (Lipinski definition) is 4. The van der Waals surface area contributed by atoms with E-state index in [2.05, 4.69) is 0 Å². The Hall–Kier alpha value is -0.450. The van der Waals surface area contributed by atoms with Crippen molar-refractivity contribution >= 4 is 6.29 Å². The molecule has 4 nitrogen and oxygen atoms in total. The fraction of sp³-hybridized carbons (Fsp3) is 0.833. The van der Waals surface area contributed by atoms with Gasteiger partial charge in [0.15, 0.2) is 0 Å². The molecule has 0 amide bonds. The third-order valence-electron chi connectivity index (χ3n) is 1.83. The van der Waals surface area contributed by atoms with Gasteiger partial charge in [-0.3, -0.25) is 5.84 Å². The monoisotopic (exact) mass is 143 g/mol. The molecule has 1 saturated heterocycles. The van der Waals surface area contributed by atoms with Gasteiger partial charge in [-0.05, 0) is 12.8 Å². The van der Waals surface area contributed by atoms with Crippen LogP contribution in [-0.4, -0.2) is 36.0 Å². The number of hydrogen-bond donors (Lipinski definition) is 1. The molecule has 58 valence electrons. The van der Waals surface area contributed by atoms with Gasteiger partial charge in [0.05, 0.1) is 6.04 Å². The van der Waals surface area contributed by atoms with Crippen LogP contribution in [0.3, 0.4) is 0 Å². The van der Waals surface area contributed by atoms with Gasteiger partial charge in [0.1, 0.15) is 6.29 Å². The Kier molecular flexibility index (Phi) is 2.37. The average Bonchev–Trinajstić information content (AvgIpc) is 2.33. The van der Waals surface area contributed by atoms with Gasteiger partial charge in [-0.2, -0.15) is 5.12 Å². The zero-order valence-corrected chi connectivity index (χ0v) is 6.16. The fourth-order valence-electron chi connectivity index (χ4n) is 1.31. The molecule has 1 heterocycles. The molecule has 0 aromatic heterocycles. The Morgan fingerprint density at radius 3 is 2.90 bits per heavy atom. The van der Waals surface area contributed by atoms with E-state index in [1.54, 1.807) is 7.05 Å². The number of rotatable bonds is 2. The first kappa shape index (κ1) is 7.65. The molecule has 1 fully saturated rings. The van der Waals surface area contributed by atoms with Crippen LogP contribution in [0.15, 0.2) is 0 Å². The Morgan fingerprint density at radius 1 is 1.80 bits per heavy atom. The molecule has 0 aromatic rings. The molecule has 0 saturated carbocycles. The van der Waals surface area contributed by atoms with Gasteiger partial charge >= 0.3 is 0 Å².